The fourth-order valence-electron chi connectivity index (χ4n) is 3.11. The van der Waals surface area contributed by atoms with Crippen LogP contribution in [0.25, 0.3) is 10.2 Å². The first kappa shape index (κ1) is 22.4. The highest BCUT2D eigenvalue weighted by Gasteiger charge is 2.31. The maximum atomic E-state index is 13.0. The van der Waals surface area contributed by atoms with Crippen LogP contribution in [0, 0.1) is 0 Å². The number of sulfonamides is 1. The monoisotopic (exact) mass is 498 g/mol. The molecular weight excluding hydrogens is 485 g/mol. The molecule has 0 radical (unpaired) electrons. The van der Waals surface area contributed by atoms with Crippen LogP contribution in [-0.2, 0) is 22.7 Å². The molecule has 11 heteroatoms. The maximum Gasteiger partial charge on any atom is 0.416 e. The third-order valence-electron chi connectivity index (χ3n) is 4.67. The van der Waals surface area contributed by atoms with Gasteiger partial charge in [-0.2, -0.15) is 13.2 Å². The van der Waals surface area contributed by atoms with Crippen LogP contribution in [0.2, 0.25) is 5.02 Å². The van der Waals surface area contributed by atoms with Crippen molar-refractivity contribution in [3.8, 4) is 0 Å². The first-order valence-corrected chi connectivity index (χ1v) is 11.8. The molecule has 0 spiro atoms. The molecule has 0 saturated carbocycles. The second kappa shape index (κ2) is 8.27. The number of thiazole rings is 1. The highest BCUT2D eigenvalue weighted by Crippen LogP contribution is 2.35. The van der Waals surface area contributed by atoms with Crippen molar-refractivity contribution in [1.29, 1.82) is 0 Å². The van der Waals surface area contributed by atoms with E-state index in [9.17, 15) is 26.4 Å². The van der Waals surface area contributed by atoms with Crippen LogP contribution in [-0.4, -0.2) is 13.0 Å². The van der Waals surface area contributed by atoms with Gasteiger partial charge in [0.15, 0.2) is 0 Å². The van der Waals surface area contributed by atoms with E-state index in [1.165, 1.54) is 22.8 Å². The summed E-state index contributed by atoms with van der Waals surface area (Å²) in [6.07, 6.45) is -4.66. The van der Waals surface area contributed by atoms with E-state index in [4.69, 9.17) is 11.6 Å². The molecule has 1 N–H and O–H groups in total. The summed E-state index contributed by atoms with van der Waals surface area (Å²) in [7, 11) is -4.26. The number of hydrogen-bond acceptors (Lipinski definition) is 4. The minimum absolute atomic E-state index is 0.179. The van der Waals surface area contributed by atoms with Gasteiger partial charge in [-0.05, 0) is 42.0 Å². The Kier molecular flexibility index (Phi) is 5.78. The van der Waals surface area contributed by atoms with Crippen LogP contribution in [0.1, 0.15) is 11.1 Å². The summed E-state index contributed by atoms with van der Waals surface area (Å²) in [5.74, 6) is 0. The van der Waals surface area contributed by atoms with Crippen molar-refractivity contribution >= 4 is 48.9 Å². The molecule has 0 saturated heterocycles. The van der Waals surface area contributed by atoms with Gasteiger partial charge in [0.25, 0.3) is 10.0 Å². The molecule has 0 fully saturated rings. The van der Waals surface area contributed by atoms with E-state index in [-0.39, 0.29) is 14.8 Å². The molecule has 0 unspecified atom stereocenters. The molecule has 166 valence electrons. The van der Waals surface area contributed by atoms with Crippen LogP contribution in [0.15, 0.2) is 76.4 Å². The molecule has 0 aliphatic rings. The first-order chi connectivity index (χ1) is 15.0. The zero-order valence-electron chi connectivity index (χ0n) is 16.1. The van der Waals surface area contributed by atoms with Crippen molar-refractivity contribution in [2.45, 2.75) is 17.6 Å². The van der Waals surface area contributed by atoms with Crippen molar-refractivity contribution in [2.24, 2.45) is 0 Å². The predicted molar refractivity (Wildman–Crippen MR) is 119 cm³/mol. The molecule has 4 aromatic rings. The number of anilines is 1. The van der Waals surface area contributed by atoms with Gasteiger partial charge in [-0.15, -0.1) is 0 Å². The SMILES string of the molecule is O=c1sc2cc(S(=O)(=O)Nc3cc(C(F)(F)F)ccc3Cl)ccc2n1Cc1ccccc1. The van der Waals surface area contributed by atoms with Crippen molar-refractivity contribution in [2.75, 3.05) is 4.72 Å². The third-order valence-corrected chi connectivity index (χ3v) is 7.31. The second-order valence-corrected chi connectivity index (χ2v) is 9.95. The van der Waals surface area contributed by atoms with Gasteiger partial charge in [-0.25, -0.2) is 8.42 Å². The minimum Gasteiger partial charge on any atom is -0.294 e. The number of halogens is 4. The van der Waals surface area contributed by atoms with Gasteiger partial charge < -0.3 is 0 Å². The van der Waals surface area contributed by atoms with Gasteiger partial charge in [-0.1, -0.05) is 53.3 Å². The van der Waals surface area contributed by atoms with E-state index in [2.05, 4.69) is 4.72 Å². The molecular formula is C21H14ClF3N2O3S2. The average Bonchev–Trinajstić information content (AvgIpc) is 3.04. The summed E-state index contributed by atoms with van der Waals surface area (Å²) in [4.78, 5) is 12.0. The number of fused-ring (bicyclic) bond motifs is 1. The summed E-state index contributed by atoms with van der Waals surface area (Å²) in [5.41, 5.74) is 0.0365. The summed E-state index contributed by atoms with van der Waals surface area (Å²) >= 11 is 6.78. The average molecular weight is 499 g/mol. The topological polar surface area (TPSA) is 68.2 Å². The Labute approximate surface area is 189 Å². The van der Waals surface area contributed by atoms with Crippen molar-refractivity contribution in [3.63, 3.8) is 0 Å². The third kappa shape index (κ3) is 4.52. The predicted octanol–water partition coefficient (Wildman–Crippen LogP) is 5.58. The molecule has 3 aromatic carbocycles. The van der Waals surface area contributed by atoms with Gasteiger partial charge in [0.05, 0.1) is 37.9 Å². The number of alkyl halides is 3. The Morgan fingerprint density at radius 1 is 1.00 bits per heavy atom. The molecule has 5 nitrogen and oxygen atoms in total. The zero-order chi connectivity index (χ0) is 23.1. The lowest BCUT2D eigenvalue weighted by Gasteiger charge is -2.13. The normalized spacial score (nSPS) is 12.2. The lowest BCUT2D eigenvalue weighted by atomic mass is 10.2. The van der Waals surface area contributed by atoms with E-state index in [1.807, 2.05) is 30.3 Å². The minimum atomic E-state index is -4.66. The number of rotatable bonds is 5. The van der Waals surface area contributed by atoms with Gasteiger partial charge in [0.1, 0.15) is 0 Å². The van der Waals surface area contributed by atoms with Gasteiger partial charge in [0, 0.05) is 0 Å². The van der Waals surface area contributed by atoms with Crippen LogP contribution in [0.4, 0.5) is 18.9 Å². The van der Waals surface area contributed by atoms with Crippen molar-refractivity contribution in [1.82, 2.24) is 4.57 Å². The molecule has 1 heterocycles. The van der Waals surface area contributed by atoms with Crippen LogP contribution in [0.5, 0.6) is 0 Å². The fourth-order valence-corrected chi connectivity index (χ4v) is 5.43. The number of nitrogens with zero attached hydrogens (tertiary/aromatic N) is 1. The van der Waals surface area contributed by atoms with Gasteiger partial charge in [-0.3, -0.25) is 14.1 Å². The Balaban J connectivity index is 1.69. The van der Waals surface area contributed by atoms with E-state index < -0.39 is 27.5 Å². The highest BCUT2D eigenvalue weighted by atomic mass is 35.5. The Morgan fingerprint density at radius 3 is 2.41 bits per heavy atom. The Bertz CT molecular complexity index is 1460. The second-order valence-electron chi connectivity index (χ2n) is 6.87. The lowest BCUT2D eigenvalue weighted by molar-refractivity contribution is -0.137. The molecule has 0 atom stereocenters. The Hall–Kier alpha value is -2.82. The lowest BCUT2D eigenvalue weighted by Crippen LogP contribution is -2.15. The largest absolute Gasteiger partial charge is 0.416 e. The smallest absolute Gasteiger partial charge is 0.294 e. The number of hydrogen-bond donors (Lipinski definition) is 1. The van der Waals surface area contributed by atoms with Gasteiger partial charge >= 0.3 is 11.0 Å². The standard InChI is InChI=1S/C21H14ClF3N2O3S2/c22-16-8-6-14(21(23,24)25)10-17(16)26-32(29,30)15-7-9-18-19(11-15)31-20(28)27(18)12-13-4-2-1-3-5-13/h1-11,26H,12H2. The number of nitrogens with one attached hydrogen (secondary N) is 1. The molecule has 0 aliphatic heterocycles. The number of aromatic nitrogens is 1. The quantitative estimate of drug-likeness (QED) is 0.390. The van der Waals surface area contributed by atoms with Crippen LogP contribution < -0.4 is 9.60 Å². The Morgan fingerprint density at radius 2 is 1.72 bits per heavy atom. The summed E-state index contributed by atoms with van der Waals surface area (Å²) in [6.45, 7) is 0.323. The molecule has 0 amide bonds. The molecule has 0 aliphatic carbocycles. The number of benzene rings is 3. The summed E-state index contributed by atoms with van der Waals surface area (Å²) < 4.78 is 68.6. The molecule has 1 aromatic heterocycles. The molecule has 0 bridgehead atoms. The molecule has 32 heavy (non-hydrogen) atoms. The maximum absolute atomic E-state index is 13.0. The van der Waals surface area contributed by atoms with E-state index in [0.29, 0.717) is 22.8 Å². The highest BCUT2D eigenvalue weighted by molar-refractivity contribution is 7.92. The summed E-state index contributed by atoms with van der Waals surface area (Å²) in [5, 5.41) is -0.179. The van der Waals surface area contributed by atoms with Crippen LogP contribution in [0.3, 0.4) is 0 Å². The first-order valence-electron chi connectivity index (χ1n) is 9.11. The fraction of sp³-hybridized carbons (Fsp3) is 0.0952. The van der Waals surface area contributed by atoms with Crippen molar-refractivity contribution < 1.29 is 21.6 Å². The van der Waals surface area contributed by atoms with E-state index in [0.717, 1.165) is 29.0 Å². The van der Waals surface area contributed by atoms with E-state index >= 15 is 0 Å². The van der Waals surface area contributed by atoms with Crippen molar-refractivity contribution in [3.05, 3.63) is 92.5 Å². The zero-order valence-corrected chi connectivity index (χ0v) is 18.4. The van der Waals surface area contributed by atoms with Gasteiger partial charge in [0.2, 0.25) is 0 Å². The molecule has 4 rings (SSSR count). The van der Waals surface area contributed by atoms with Crippen LogP contribution >= 0.6 is 22.9 Å². The van der Waals surface area contributed by atoms with E-state index in [1.54, 1.807) is 0 Å². The summed E-state index contributed by atoms with van der Waals surface area (Å²) in [6, 6.07) is 15.8.